The lowest BCUT2D eigenvalue weighted by atomic mass is 9.97. The van der Waals surface area contributed by atoms with Crippen LogP contribution in [0.2, 0.25) is 0 Å². The van der Waals surface area contributed by atoms with Gasteiger partial charge in [0.1, 0.15) is 0 Å². The normalized spacial score (nSPS) is 11.9. The second-order valence-corrected chi connectivity index (χ2v) is 16.0. The lowest BCUT2D eigenvalue weighted by molar-refractivity contribution is 1.08. The number of hydrogen-bond acceptors (Lipinski definition) is 6. The molecule has 0 saturated carbocycles. The van der Waals surface area contributed by atoms with Gasteiger partial charge in [0, 0.05) is 82.8 Å². The van der Waals surface area contributed by atoms with E-state index in [4.69, 9.17) is 15.0 Å². The summed E-state index contributed by atoms with van der Waals surface area (Å²) in [7, 11) is 0. The van der Waals surface area contributed by atoms with Crippen LogP contribution in [0.4, 0.5) is 0 Å². The summed E-state index contributed by atoms with van der Waals surface area (Å²) in [6, 6.07) is 54.2. The Hall–Kier alpha value is -5.79. The van der Waals surface area contributed by atoms with Crippen molar-refractivity contribution < 1.29 is 0 Å². The molecule has 0 amide bonds. The van der Waals surface area contributed by atoms with E-state index in [1.54, 1.807) is 0 Å². The zero-order valence-corrected chi connectivity index (χ0v) is 29.4. The molecule has 0 spiro atoms. The van der Waals surface area contributed by atoms with Crippen LogP contribution in [0.25, 0.3) is 106 Å². The van der Waals surface area contributed by atoms with Crippen molar-refractivity contribution in [2.45, 2.75) is 0 Å². The fourth-order valence-corrected chi connectivity index (χ4v) is 10.8. The second-order valence-electron chi connectivity index (χ2n) is 12.8. The molecule has 0 bridgehead atoms. The van der Waals surface area contributed by atoms with E-state index in [-0.39, 0.29) is 0 Å². The van der Waals surface area contributed by atoms with Crippen molar-refractivity contribution in [2.75, 3.05) is 0 Å². The molecular formula is C45H25N3S3. The zero-order valence-electron chi connectivity index (χ0n) is 27.0. The summed E-state index contributed by atoms with van der Waals surface area (Å²) in [6.45, 7) is 0. The van der Waals surface area contributed by atoms with E-state index in [1.807, 2.05) is 52.2 Å². The first-order valence-corrected chi connectivity index (χ1v) is 19.3. The molecule has 11 aromatic rings. The highest BCUT2D eigenvalue weighted by atomic mass is 32.1. The van der Waals surface area contributed by atoms with Crippen LogP contribution in [0, 0.1) is 0 Å². The minimum Gasteiger partial charge on any atom is -0.208 e. The topological polar surface area (TPSA) is 38.7 Å². The number of fused-ring (bicyclic) bond motifs is 9. The molecule has 11 rings (SSSR count). The SMILES string of the molecule is c1ccc(-c2nc(-c3ccc4sc5ccccc5c4c3)nc(-c3ccc4sc5cccc(-c6cccc7c6sc6ccccc67)c5c4c3)n2)cc1. The minimum absolute atomic E-state index is 0.665. The Morgan fingerprint density at radius 1 is 0.314 bits per heavy atom. The van der Waals surface area contributed by atoms with E-state index in [1.165, 1.54) is 71.6 Å². The number of hydrogen-bond donors (Lipinski definition) is 0. The second kappa shape index (κ2) is 11.4. The molecule has 0 unspecified atom stereocenters. The quantitative estimate of drug-likeness (QED) is 0.183. The van der Waals surface area contributed by atoms with Crippen LogP contribution in [-0.2, 0) is 0 Å². The third-order valence-electron chi connectivity index (χ3n) is 9.75. The Labute approximate surface area is 304 Å². The summed E-state index contributed by atoms with van der Waals surface area (Å²) >= 11 is 5.53. The molecule has 0 aliphatic carbocycles. The largest absolute Gasteiger partial charge is 0.208 e. The monoisotopic (exact) mass is 703 g/mol. The Morgan fingerprint density at radius 3 is 1.59 bits per heavy atom. The molecule has 4 aromatic heterocycles. The first kappa shape index (κ1) is 29.0. The average molecular weight is 704 g/mol. The van der Waals surface area contributed by atoms with Gasteiger partial charge in [-0.25, -0.2) is 15.0 Å². The van der Waals surface area contributed by atoms with Crippen LogP contribution >= 0.6 is 34.0 Å². The smallest absolute Gasteiger partial charge is 0.164 e. The summed E-state index contributed by atoms with van der Waals surface area (Å²) in [5.41, 5.74) is 5.44. The van der Waals surface area contributed by atoms with E-state index >= 15 is 0 Å². The molecule has 4 heterocycles. The van der Waals surface area contributed by atoms with Crippen LogP contribution in [0.1, 0.15) is 0 Å². The zero-order chi connectivity index (χ0) is 33.5. The summed E-state index contributed by atoms with van der Waals surface area (Å²) in [4.78, 5) is 15.3. The molecule has 0 radical (unpaired) electrons. The van der Waals surface area contributed by atoms with Crippen LogP contribution in [0.3, 0.4) is 0 Å². The van der Waals surface area contributed by atoms with E-state index in [0.29, 0.717) is 17.5 Å². The van der Waals surface area contributed by atoms with E-state index in [2.05, 4.69) is 133 Å². The molecule has 0 aliphatic rings. The Bertz CT molecular complexity index is 3150. The van der Waals surface area contributed by atoms with Gasteiger partial charge in [0.15, 0.2) is 17.5 Å². The first-order valence-electron chi connectivity index (χ1n) is 16.8. The Balaban J connectivity index is 1.12. The lowest BCUT2D eigenvalue weighted by Crippen LogP contribution is -2.00. The van der Waals surface area contributed by atoms with Crippen LogP contribution in [0.15, 0.2) is 152 Å². The van der Waals surface area contributed by atoms with Crippen LogP contribution in [-0.4, -0.2) is 15.0 Å². The maximum absolute atomic E-state index is 5.17. The van der Waals surface area contributed by atoms with Crippen molar-refractivity contribution in [1.29, 1.82) is 0 Å². The van der Waals surface area contributed by atoms with E-state index < -0.39 is 0 Å². The molecule has 0 aliphatic heterocycles. The molecular weight excluding hydrogens is 679 g/mol. The molecule has 238 valence electrons. The third-order valence-corrected chi connectivity index (χ3v) is 13.3. The summed E-state index contributed by atoms with van der Waals surface area (Å²) in [6.07, 6.45) is 0. The van der Waals surface area contributed by atoms with Gasteiger partial charge in [0.05, 0.1) is 0 Å². The number of benzene rings is 7. The highest BCUT2D eigenvalue weighted by Crippen LogP contribution is 2.46. The maximum atomic E-state index is 5.17. The van der Waals surface area contributed by atoms with Gasteiger partial charge in [0.2, 0.25) is 0 Å². The number of nitrogens with zero attached hydrogens (tertiary/aromatic N) is 3. The van der Waals surface area contributed by atoms with Crippen LogP contribution in [0.5, 0.6) is 0 Å². The highest BCUT2D eigenvalue weighted by molar-refractivity contribution is 7.27. The van der Waals surface area contributed by atoms with E-state index in [9.17, 15) is 0 Å². The fourth-order valence-electron chi connectivity index (χ4n) is 7.37. The van der Waals surface area contributed by atoms with E-state index in [0.717, 1.165) is 16.7 Å². The molecule has 51 heavy (non-hydrogen) atoms. The molecule has 3 nitrogen and oxygen atoms in total. The van der Waals surface area contributed by atoms with Crippen molar-refractivity contribution >= 4 is 94.5 Å². The maximum Gasteiger partial charge on any atom is 0.164 e. The van der Waals surface area contributed by atoms with Crippen LogP contribution < -0.4 is 0 Å². The predicted octanol–water partition coefficient (Wildman–Crippen LogP) is 13.6. The predicted molar refractivity (Wildman–Crippen MR) is 220 cm³/mol. The number of rotatable bonds is 4. The van der Waals surface area contributed by atoms with Crippen molar-refractivity contribution in [3.05, 3.63) is 152 Å². The highest BCUT2D eigenvalue weighted by Gasteiger charge is 2.18. The summed E-state index contributed by atoms with van der Waals surface area (Å²) < 4.78 is 7.70. The fraction of sp³-hybridized carbons (Fsp3) is 0. The number of thiophene rings is 3. The van der Waals surface area contributed by atoms with Crippen molar-refractivity contribution in [3.63, 3.8) is 0 Å². The van der Waals surface area contributed by atoms with Gasteiger partial charge >= 0.3 is 0 Å². The Kier molecular flexibility index (Phi) is 6.46. The van der Waals surface area contributed by atoms with Gasteiger partial charge in [-0.2, -0.15) is 0 Å². The first-order chi connectivity index (χ1) is 25.2. The van der Waals surface area contributed by atoms with Gasteiger partial charge in [0.25, 0.3) is 0 Å². The van der Waals surface area contributed by atoms with Gasteiger partial charge < -0.3 is 0 Å². The molecule has 0 N–H and O–H groups in total. The lowest BCUT2D eigenvalue weighted by Gasteiger charge is -2.10. The molecule has 0 fully saturated rings. The molecule has 6 heteroatoms. The van der Waals surface area contributed by atoms with Crippen molar-refractivity contribution in [1.82, 2.24) is 15.0 Å². The third kappa shape index (κ3) is 4.65. The van der Waals surface area contributed by atoms with Gasteiger partial charge in [-0.3, -0.25) is 0 Å². The standard InChI is InChI=1S/C45H25N3S3/c1-2-10-26(11-3-1)43-46-44(27-20-22-38-34(24-27)30-13-5-6-17-36(30)49-38)48-45(47-43)28-21-23-39-35(25-28)41-31(14-9-19-40(41)50-39)33-16-8-15-32-29-12-4-7-18-37(29)51-42(32)33/h1-25H. The van der Waals surface area contributed by atoms with Gasteiger partial charge in [-0.05, 0) is 60.2 Å². The van der Waals surface area contributed by atoms with Gasteiger partial charge in [-0.1, -0.05) is 97.1 Å². The summed E-state index contributed by atoms with van der Waals surface area (Å²) in [5.74, 6) is 2.00. The van der Waals surface area contributed by atoms with Crippen molar-refractivity contribution in [3.8, 4) is 45.3 Å². The van der Waals surface area contributed by atoms with Gasteiger partial charge in [-0.15, -0.1) is 34.0 Å². The summed E-state index contributed by atoms with van der Waals surface area (Å²) in [5, 5.41) is 7.60. The number of aromatic nitrogens is 3. The van der Waals surface area contributed by atoms with Crippen molar-refractivity contribution in [2.24, 2.45) is 0 Å². The molecule has 0 atom stereocenters. The minimum atomic E-state index is 0.665. The molecule has 7 aromatic carbocycles. The molecule has 0 saturated heterocycles. The average Bonchev–Trinajstić information content (AvgIpc) is 3.89. The Morgan fingerprint density at radius 2 is 0.824 bits per heavy atom.